The van der Waals surface area contributed by atoms with E-state index in [0.717, 1.165) is 35.0 Å². The average Bonchev–Trinajstić information content (AvgIpc) is 3.49. The first-order chi connectivity index (χ1) is 14.4. The van der Waals surface area contributed by atoms with E-state index in [1.165, 1.54) is 5.56 Å². The molecule has 1 aliphatic carbocycles. The third-order valence-corrected chi connectivity index (χ3v) is 5.44. The first kappa shape index (κ1) is 20.2. The number of fused-ring (bicyclic) bond motifs is 1. The number of carbonyl (C=O) groups excluding carboxylic acids is 2. The molecule has 0 aliphatic heterocycles. The van der Waals surface area contributed by atoms with Crippen molar-refractivity contribution < 1.29 is 9.59 Å². The van der Waals surface area contributed by atoms with Crippen LogP contribution in [0.5, 0.6) is 0 Å². The summed E-state index contributed by atoms with van der Waals surface area (Å²) in [5.41, 5.74) is 4.74. The van der Waals surface area contributed by atoms with Gasteiger partial charge in [-0.15, -0.1) is 0 Å². The summed E-state index contributed by atoms with van der Waals surface area (Å²) in [7, 11) is 0. The van der Waals surface area contributed by atoms with E-state index in [2.05, 4.69) is 54.2 Å². The van der Waals surface area contributed by atoms with Gasteiger partial charge in [-0.25, -0.2) is 0 Å². The van der Waals surface area contributed by atoms with Crippen molar-refractivity contribution >= 4 is 28.4 Å². The highest BCUT2D eigenvalue weighted by molar-refractivity contribution is 6.01. The molecule has 1 aliphatic rings. The quantitative estimate of drug-likeness (QED) is 0.599. The molecular weight excluding hydrogens is 374 g/mol. The Kier molecular flexibility index (Phi) is 5.62. The van der Waals surface area contributed by atoms with Crippen LogP contribution in [0.3, 0.4) is 0 Å². The van der Waals surface area contributed by atoms with Crippen molar-refractivity contribution in [2.75, 3.05) is 11.9 Å². The Hall–Kier alpha value is -3.08. The van der Waals surface area contributed by atoms with Crippen LogP contribution in [-0.2, 0) is 11.3 Å². The van der Waals surface area contributed by atoms with Gasteiger partial charge in [0.2, 0.25) is 5.91 Å². The Morgan fingerprint density at radius 2 is 1.90 bits per heavy atom. The SMILES string of the molecule is Cc1cccc(Cn2c(C(=O)NCC(C)C)cc3cc(NC(=O)C4CC4)ccc32)c1. The highest BCUT2D eigenvalue weighted by Crippen LogP contribution is 2.31. The minimum absolute atomic E-state index is 0.0730. The lowest BCUT2D eigenvalue weighted by atomic mass is 10.1. The molecule has 4 rings (SSSR count). The molecule has 0 saturated heterocycles. The summed E-state index contributed by atoms with van der Waals surface area (Å²) in [5, 5.41) is 6.99. The van der Waals surface area contributed by atoms with Crippen LogP contribution in [-0.4, -0.2) is 22.9 Å². The number of anilines is 1. The minimum Gasteiger partial charge on any atom is -0.351 e. The normalized spacial score (nSPS) is 13.6. The second-order valence-corrected chi connectivity index (χ2v) is 8.75. The molecule has 5 heteroatoms. The van der Waals surface area contributed by atoms with Crippen LogP contribution < -0.4 is 10.6 Å². The highest BCUT2D eigenvalue weighted by Gasteiger charge is 2.29. The lowest BCUT2D eigenvalue weighted by molar-refractivity contribution is -0.117. The van der Waals surface area contributed by atoms with E-state index in [9.17, 15) is 9.59 Å². The van der Waals surface area contributed by atoms with Crippen LogP contribution in [0.15, 0.2) is 48.5 Å². The Morgan fingerprint density at radius 1 is 1.10 bits per heavy atom. The van der Waals surface area contributed by atoms with Crippen LogP contribution >= 0.6 is 0 Å². The number of benzene rings is 2. The number of hydrogen-bond acceptors (Lipinski definition) is 2. The molecule has 3 aromatic rings. The van der Waals surface area contributed by atoms with E-state index < -0.39 is 0 Å². The third kappa shape index (κ3) is 4.56. The second-order valence-electron chi connectivity index (χ2n) is 8.75. The Morgan fingerprint density at radius 3 is 2.60 bits per heavy atom. The van der Waals surface area contributed by atoms with Crippen molar-refractivity contribution in [3.63, 3.8) is 0 Å². The molecule has 0 spiro atoms. The van der Waals surface area contributed by atoms with Gasteiger partial charge in [-0.05, 0) is 55.5 Å². The standard InChI is InChI=1S/C25H29N3O2/c1-16(2)14-26-25(30)23-13-20-12-21(27-24(29)19-7-8-19)9-10-22(20)28(23)15-18-6-4-5-17(3)11-18/h4-6,9-13,16,19H,7-8,14-15H2,1-3H3,(H,26,30)(H,27,29). The fourth-order valence-corrected chi connectivity index (χ4v) is 3.68. The average molecular weight is 404 g/mol. The molecule has 156 valence electrons. The summed E-state index contributed by atoms with van der Waals surface area (Å²) in [6.45, 7) is 7.48. The van der Waals surface area contributed by atoms with Crippen molar-refractivity contribution in [2.24, 2.45) is 11.8 Å². The van der Waals surface area contributed by atoms with Gasteiger partial charge in [0.25, 0.3) is 5.91 Å². The molecule has 0 unspecified atom stereocenters. The second kappa shape index (κ2) is 8.34. The topological polar surface area (TPSA) is 63.1 Å². The van der Waals surface area contributed by atoms with E-state index >= 15 is 0 Å². The maximum Gasteiger partial charge on any atom is 0.267 e. The number of hydrogen-bond donors (Lipinski definition) is 2. The van der Waals surface area contributed by atoms with Gasteiger partial charge >= 0.3 is 0 Å². The number of nitrogens with zero attached hydrogens (tertiary/aromatic N) is 1. The Labute approximate surface area is 177 Å². The zero-order valence-electron chi connectivity index (χ0n) is 17.9. The summed E-state index contributed by atoms with van der Waals surface area (Å²) in [6, 6.07) is 16.1. The molecule has 2 amide bonds. The molecular formula is C25H29N3O2. The lowest BCUT2D eigenvalue weighted by Crippen LogP contribution is -2.29. The van der Waals surface area contributed by atoms with Gasteiger partial charge < -0.3 is 15.2 Å². The predicted molar refractivity (Wildman–Crippen MR) is 121 cm³/mol. The molecule has 30 heavy (non-hydrogen) atoms. The van der Waals surface area contributed by atoms with Gasteiger partial charge in [0.05, 0.1) is 0 Å². The van der Waals surface area contributed by atoms with E-state index in [0.29, 0.717) is 24.7 Å². The van der Waals surface area contributed by atoms with Crippen LogP contribution in [0.2, 0.25) is 0 Å². The molecule has 1 saturated carbocycles. The van der Waals surface area contributed by atoms with Crippen molar-refractivity contribution in [1.29, 1.82) is 0 Å². The van der Waals surface area contributed by atoms with Crippen LogP contribution in [0.1, 0.15) is 48.3 Å². The van der Waals surface area contributed by atoms with Crippen molar-refractivity contribution in [2.45, 2.75) is 40.2 Å². The third-order valence-electron chi connectivity index (χ3n) is 5.44. The van der Waals surface area contributed by atoms with E-state index in [1.807, 2.05) is 30.3 Å². The zero-order chi connectivity index (χ0) is 21.3. The number of aromatic nitrogens is 1. The van der Waals surface area contributed by atoms with Crippen LogP contribution in [0.25, 0.3) is 10.9 Å². The fraction of sp³-hybridized carbons (Fsp3) is 0.360. The molecule has 1 fully saturated rings. The van der Waals surface area contributed by atoms with Gasteiger partial charge in [0.15, 0.2) is 0 Å². The van der Waals surface area contributed by atoms with Crippen molar-refractivity contribution in [1.82, 2.24) is 9.88 Å². The Balaban J connectivity index is 1.69. The maximum atomic E-state index is 13.0. The largest absolute Gasteiger partial charge is 0.351 e. The van der Waals surface area contributed by atoms with Crippen molar-refractivity contribution in [3.05, 3.63) is 65.4 Å². The predicted octanol–water partition coefficient (Wildman–Crippen LogP) is 4.73. The smallest absolute Gasteiger partial charge is 0.267 e. The van der Waals surface area contributed by atoms with Gasteiger partial charge in [0, 0.05) is 35.6 Å². The first-order valence-electron chi connectivity index (χ1n) is 10.7. The van der Waals surface area contributed by atoms with Crippen LogP contribution in [0.4, 0.5) is 5.69 Å². The number of nitrogens with one attached hydrogen (secondary N) is 2. The monoisotopic (exact) mass is 403 g/mol. The molecule has 2 aromatic carbocycles. The molecule has 1 aromatic heterocycles. The number of aryl methyl sites for hydroxylation is 1. The molecule has 2 N–H and O–H groups in total. The Bertz CT molecular complexity index is 1090. The number of amides is 2. The number of carbonyl (C=O) groups is 2. The maximum absolute atomic E-state index is 13.0. The molecule has 0 bridgehead atoms. The van der Waals surface area contributed by atoms with Gasteiger partial charge in [-0.3, -0.25) is 9.59 Å². The summed E-state index contributed by atoms with van der Waals surface area (Å²) < 4.78 is 2.06. The summed E-state index contributed by atoms with van der Waals surface area (Å²) in [4.78, 5) is 25.1. The minimum atomic E-state index is -0.0730. The molecule has 1 heterocycles. The highest BCUT2D eigenvalue weighted by atomic mass is 16.2. The van der Waals surface area contributed by atoms with Gasteiger partial charge in [0.1, 0.15) is 5.69 Å². The molecule has 5 nitrogen and oxygen atoms in total. The molecule has 0 atom stereocenters. The van der Waals surface area contributed by atoms with E-state index in [1.54, 1.807) is 0 Å². The van der Waals surface area contributed by atoms with E-state index in [-0.39, 0.29) is 17.7 Å². The van der Waals surface area contributed by atoms with E-state index in [4.69, 9.17) is 0 Å². The lowest BCUT2D eigenvalue weighted by Gasteiger charge is -2.13. The van der Waals surface area contributed by atoms with Crippen molar-refractivity contribution in [3.8, 4) is 0 Å². The molecule has 0 radical (unpaired) electrons. The first-order valence-corrected chi connectivity index (χ1v) is 10.7. The van der Waals surface area contributed by atoms with Gasteiger partial charge in [-0.1, -0.05) is 43.7 Å². The zero-order valence-corrected chi connectivity index (χ0v) is 17.9. The number of rotatable bonds is 7. The summed E-state index contributed by atoms with van der Waals surface area (Å²) in [5.74, 6) is 0.552. The summed E-state index contributed by atoms with van der Waals surface area (Å²) >= 11 is 0. The fourth-order valence-electron chi connectivity index (χ4n) is 3.68. The van der Waals surface area contributed by atoms with Crippen LogP contribution in [0, 0.1) is 18.8 Å². The van der Waals surface area contributed by atoms with Gasteiger partial charge in [-0.2, -0.15) is 0 Å². The summed E-state index contributed by atoms with van der Waals surface area (Å²) in [6.07, 6.45) is 1.95.